The molecule has 29 heavy (non-hydrogen) atoms. The third kappa shape index (κ3) is 4.50. The van der Waals surface area contributed by atoms with Crippen LogP contribution < -0.4 is 4.74 Å². The van der Waals surface area contributed by atoms with Crippen molar-refractivity contribution in [3.05, 3.63) is 108 Å². The third-order valence-electron chi connectivity index (χ3n) is 4.60. The number of benzene rings is 4. The quantitative estimate of drug-likeness (QED) is 0.425. The third-order valence-corrected chi connectivity index (χ3v) is 4.60. The van der Waals surface area contributed by atoms with Crippen LogP contribution in [0.4, 0.5) is 5.69 Å². The van der Waals surface area contributed by atoms with Crippen molar-refractivity contribution in [3.8, 4) is 5.75 Å². The van der Waals surface area contributed by atoms with E-state index >= 15 is 0 Å². The minimum Gasteiger partial charge on any atom is -0.488 e. The molecule has 4 heteroatoms. The van der Waals surface area contributed by atoms with Crippen LogP contribution in [0.3, 0.4) is 0 Å². The molecule has 0 unspecified atom stereocenters. The topological polar surface area (TPSA) is 58.9 Å². The maximum absolute atomic E-state index is 11.0. The van der Waals surface area contributed by atoms with Crippen LogP contribution in [-0.4, -0.2) is 17.3 Å². The van der Waals surface area contributed by atoms with E-state index in [1.807, 2.05) is 42.5 Å². The van der Waals surface area contributed by atoms with Gasteiger partial charge >= 0.3 is 5.97 Å². The van der Waals surface area contributed by atoms with Crippen molar-refractivity contribution in [2.45, 2.75) is 6.61 Å². The predicted molar refractivity (Wildman–Crippen MR) is 115 cm³/mol. The first kappa shape index (κ1) is 18.4. The first-order valence-corrected chi connectivity index (χ1v) is 9.26. The van der Waals surface area contributed by atoms with Crippen molar-refractivity contribution in [2.75, 3.05) is 0 Å². The molecule has 4 aromatic rings. The fourth-order valence-corrected chi connectivity index (χ4v) is 3.02. The molecule has 0 aliphatic heterocycles. The molecule has 0 amide bonds. The summed E-state index contributed by atoms with van der Waals surface area (Å²) >= 11 is 0. The fraction of sp³-hybridized carbons (Fsp3) is 0.0400. The van der Waals surface area contributed by atoms with Gasteiger partial charge in [0.1, 0.15) is 12.4 Å². The van der Waals surface area contributed by atoms with E-state index in [0.717, 1.165) is 28.0 Å². The second kappa shape index (κ2) is 8.40. The molecule has 0 spiro atoms. The Bertz CT molecular complexity index is 1180. The van der Waals surface area contributed by atoms with Gasteiger partial charge in [0.2, 0.25) is 0 Å². The SMILES string of the molecule is O=C(O)c1ccc(COc2ccccc2C=Nc2ccc3ccccc3c2)cc1. The summed E-state index contributed by atoms with van der Waals surface area (Å²) in [6.07, 6.45) is 1.80. The van der Waals surface area contributed by atoms with E-state index in [0.29, 0.717) is 6.61 Å². The Morgan fingerprint density at radius 1 is 0.862 bits per heavy atom. The Labute approximate surface area is 168 Å². The molecule has 4 aromatic carbocycles. The molecule has 0 aliphatic carbocycles. The van der Waals surface area contributed by atoms with Crippen molar-refractivity contribution in [2.24, 2.45) is 4.99 Å². The molecular formula is C25H19NO3. The minimum atomic E-state index is -0.937. The summed E-state index contributed by atoms with van der Waals surface area (Å²) < 4.78 is 5.94. The monoisotopic (exact) mass is 381 g/mol. The number of ether oxygens (including phenoxy) is 1. The number of rotatable bonds is 6. The average Bonchev–Trinajstić information content (AvgIpc) is 2.77. The lowest BCUT2D eigenvalue weighted by Gasteiger charge is -2.09. The number of aliphatic imine (C=N–C) groups is 1. The number of hydrogen-bond acceptors (Lipinski definition) is 3. The van der Waals surface area contributed by atoms with E-state index in [4.69, 9.17) is 9.84 Å². The summed E-state index contributed by atoms with van der Waals surface area (Å²) in [5.41, 5.74) is 2.92. The van der Waals surface area contributed by atoms with Gasteiger partial charge in [-0.25, -0.2) is 4.79 Å². The molecular weight excluding hydrogens is 362 g/mol. The maximum Gasteiger partial charge on any atom is 0.335 e. The van der Waals surface area contributed by atoms with Crippen LogP contribution in [0.15, 0.2) is 96.0 Å². The normalized spacial score (nSPS) is 11.0. The molecule has 0 aromatic heterocycles. The highest BCUT2D eigenvalue weighted by Crippen LogP contribution is 2.23. The van der Waals surface area contributed by atoms with Gasteiger partial charge in [-0.1, -0.05) is 54.6 Å². The van der Waals surface area contributed by atoms with E-state index in [-0.39, 0.29) is 5.56 Å². The van der Waals surface area contributed by atoms with E-state index in [1.54, 1.807) is 30.5 Å². The lowest BCUT2D eigenvalue weighted by molar-refractivity contribution is 0.0697. The Kier molecular flexibility index (Phi) is 5.34. The van der Waals surface area contributed by atoms with Crippen molar-refractivity contribution in [1.29, 1.82) is 0 Å². The zero-order chi connectivity index (χ0) is 20.1. The summed E-state index contributed by atoms with van der Waals surface area (Å²) in [6.45, 7) is 0.348. The van der Waals surface area contributed by atoms with Crippen LogP contribution in [0.25, 0.3) is 10.8 Å². The van der Waals surface area contributed by atoms with Crippen molar-refractivity contribution < 1.29 is 14.6 Å². The standard InChI is InChI=1S/C25H19NO3/c27-25(28)20-11-9-18(10-12-20)17-29-24-8-4-3-7-22(24)16-26-23-14-13-19-5-1-2-6-21(19)15-23/h1-16H,17H2,(H,27,28). The van der Waals surface area contributed by atoms with Gasteiger partial charge in [-0.15, -0.1) is 0 Å². The lowest BCUT2D eigenvalue weighted by atomic mass is 10.1. The highest BCUT2D eigenvalue weighted by atomic mass is 16.5. The number of para-hydroxylation sites is 1. The average molecular weight is 381 g/mol. The summed E-state index contributed by atoms with van der Waals surface area (Å²) in [5, 5.41) is 11.3. The number of hydrogen-bond donors (Lipinski definition) is 1. The second-order valence-corrected chi connectivity index (χ2v) is 6.62. The largest absolute Gasteiger partial charge is 0.488 e. The molecule has 4 rings (SSSR count). The summed E-state index contributed by atoms with van der Waals surface area (Å²) in [5.74, 6) is -0.216. The molecule has 0 fully saturated rings. The van der Waals surface area contributed by atoms with Crippen LogP contribution in [0, 0.1) is 0 Å². The molecule has 0 saturated heterocycles. The van der Waals surface area contributed by atoms with Crippen molar-refractivity contribution >= 4 is 28.6 Å². The Balaban J connectivity index is 1.50. The van der Waals surface area contributed by atoms with Gasteiger partial charge in [0.25, 0.3) is 0 Å². The van der Waals surface area contributed by atoms with E-state index in [2.05, 4.69) is 29.3 Å². The van der Waals surface area contributed by atoms with Crippen LogP contribution >= 0.6 is 0 Å². The van der Waals surface area contributed by atoms with Crippen LogP contribution in [-0.2, 0) is 6.61 Å². The number of carboxylic acid groups (broad SMARTS) is 1. The number of aromatic carboxylic acids is 1. The molecule has 0 heterocycles. The summed E-state index contributed by atoms with van der Waals surface area (Å²) in [7, 11) is 0. The Hall–Kier alpha value is -3.92. The van der Waals surface area contributed by atoms with Crippen molar-refractivity contribution in [1.82, 2.24) is 0 Å². The van der Waals surface area contributed by atoms with Crippen LogP contribution in [0.2, 0.25) is 0 Å². The first-order chi connectivity index (χ1) is 14.2. The lowest BCUT2D eigenvalue weighted by Crippen LogP contribution is -2.00. The number of fused-ring (bicyclic) bond motifs is 1. The zero-order valence-corrected chi connectivity index (χ0v) is 15.7. The minimum absolute atomic E-state index is 0.261. The van der Waals surface area contributed by atoms with Crippen LogP contribution in [0.1, 0.15) is 21.5 Å². The van der Waals surface area contributed by atoms with Gasteiger partial charge < -0.3 is 9.84 Å². The molecule has 4 nitrogen and oxygen atoms in total. The Morgan fingerprint density at radius 3 is 2.38 bits per heavy atom. The second-order valence-electron chi connectivity index (χ2n) is 6.62. The number of carbonyl (C=O) groups is 1. The van der Waals surface area contributed by atoms with E-state index < -0.39 is 5.97 Å². The van der Waals surface area contributed by atoms with Crippen LogP contribution in [0.5, 0.6) is 5.75 Å². The van der Waals surface area contributed by atoms with Gasteiger partial charge in [0, 0.05) is 11.8 Å². The van der Waals surface area contributed by atoms with E-state index in [1.165, 1.54) is 5.39 Å². The molecule has 142 valence electrons. The smallest absolute Gasteiger partial charge is 0.335 e. The highest BCUT2D eigenvalue weighted by molar-refractivity contribution is 5.89. The van der Waals surface area contributed by atoms with Crippen molar-refractivity contribution in [3.63, 3.8) is 0 Å². The Morgan fingerprint density at radius 2 is 1.59 bits per heavy atom. The fourth-order valence-electron chi connectivity index (χ4n) is 3.02. The molecule has 0 atom stereocenters. The van der Waals surface area contributed by atoms with Gasteiger partial charge in [0.05, 0.1) is 11.3 Å². The molecule has 0 bridgehead atoms. The maximum atomic E-state index is 11.0. The molecule has 0 saturated carbocycles. The van der Waals surface area contributed by atoms with E-state index in [9.17, 15) is 4.79 Å². The number of carboxylic acids is 1. The molecule has 1 N–H and O–H groups in total. The zero-order valence-electron chi connectivity index (χ0n) is 15.7. The van der Waals surface area contributed by atoms with Gasteiger partial charge in [-0.2, -0.15) is 0 Å². The predicted octanol–water partition coefficient (Wildman–Crippen LogP) is 5.87. The van der Waals surface area contributed by atoms with Gasteiger partial charge in [0.15, 0.2) is 0 Å². The van der Waals surface area contributed by atoms with Gasteiger partial charge in [-0.05, 0) is 52.7 Å². The summed E-state index contributed by atoms with van der Waals surface area (Å²) in [6, 6.07) is 28.7. The van der Waals surface area contributed by atoms with Gasteiger partial charge in [-0.3, -0.25) is 4.99 Å². The highest BCUT2D eigenvalue weighted by Gasteiger charge is 2.04. The first-order valence-electron chi connectivity index (χ1n) is 9.26. The molecule has 0 aliphatic rings. The molecule has 0 radical (unpaired) electrons. The summed E-state index contributed by atoms with van der Waals surface area (Å²) in [4.78, 5) is 15.6. The number of nitrogens with zero attached hydrogens (tertiary/aromatic N) is 1.